The molecule has 13 nitrogen and oxygen atoms in total. The van der Waals surface area contributed by atoms with Crippen molar-refractivity contribution in [2.45, 2.75) is 64.3 Å². The molecular formula is C19H27FN5O8P. The largest absolute Gasteiger partial charge is 0.476 e. The standard InChI is InChI=1S/C19H27FN5O8P/c1-5-28-16-13-15(23-18(21)24-16)25(9-22-13)17-19(4,20)14-11(32-17)8-30-34(27,33-14)29-7-6-12(26)31-10(2)3/h9-11,14,17H,5-8H2,1-4H3,(H2,21,23,24)/t11-,14-,17-,19-,34+/m1/s1. The van der Waals surface area contributed by atoms with Crippen LogP contribution >= 0.6 is 7.82 Å². The van der Waals surface area contributed by atoms with E-state index in [4.69, 9.17) is 33.5 Å². The van der Waals surface area contributed by atoms with Crippen LogP contribution < -0.4 is 10.5 Å². The number of imidazole rings is 1. The molecule has 0 aliphatic carbocycles. The van der Waals surface area contributed by atoms with Gasteiger partial charge in [0.15, 0.2) is 23.1 Å². The van der Waals surface area contributed by atoms with Gasteiger partial charge in [-0.15, -0.1) is 0 Å². The minimum absolute atomic E-state index is 0.0813. The molecule has 4 rings (SSSR count). The number of aromatic nitrogens is 4. The van der Waals surface area contributed by atoms with E-state index in [1.165, 1.54) is 17.8 Å². The van der Waals surface area contributed by atoms with Gasteiger partial charge in [-0.05, 0) is 27.7 Å². The number of phosphoric acid groups is 1. The van der Waals surface area contributed by atoms with Crippen LogP contribution in [0.2, 0.25) is 0 Å². The first-order chi connectivity index (χ1) is 16.0. The van der Waals surface area contributed by atoms with Crippen LogP contribution in [0, 0.1) is 0 Å². The molecular weight excluding hydrogens is 476 g/mol. The average molecular weight is 503 g/mol. The Labute approximate surface area is 194 Å². The van der Waals surface area contributed by atoms with Crippen LogP contribution in [-0.4, -0.2) is 69.3 Å². The zero-order valence-electron chi connectivity index (χ0n) is 19.2. The Morgan fingerprint density at radius 3 is 2.91 bits per heavy atom. The van der Waals surface area contributed by atoms with Crippen molar-refractivity contribution in [2.75, 3.05) is 25.6 Å². The Morgan fingerprint density at radius 1 is 1.44 bits per heavy atom. The van der Waals surface area contributed by atoms with Crippen LogP contribution in [0.5, 0.6) is 5.88 Å². The summed E-state index contributed by atoms with van der Waals surface area (Å²) in [5, 5.41) is 0. The molecule has 2 saturated heterocycles. The molecule has 0 amide bonds. The number of nitrogens with two attached hydrogens (primary N) is 1. The highest BCUT2D eigenvalue weighted by atomic mass is 31.2. The van der Waals surface area contributed by atoms with Crippen LogP contribution in [0.25, 0.3) is 11.2 Å². The molecule has 34 heavy (non-hydrogen) atoms. The highest BCUT2D eigenvalue weighted by Gasteiger charge is 2.61. The van der Waals surface area contributed by atoms with Gasteiger partial charge in [-0.1, -0.05) is 0 Å². The molecule has 0 aromatic carbocycles. The summed E-state index contributed by atoms with van der Waals surface area (Å²) in [5.74, 6) is -0.453. The second-order valence-electron chi connectivity index (χ2n) is 8.21. The fourth-order valence-electron chi connectivity index (χ4n) is 3.79. The van der Waals surface area contributed by atoms with E-state index in [2.05, 4.69) is 15.0 Å². The van der Waals surface area contributed by atoms with Crippen molar-refractivity contribution in [3.05, 3.63) is 6.33 Å². The van der Waals surface area contributed by atoms with Crippen LogP contribution in [0.3, 0.4) is 0 Å². The fraction of sp³-hybridized carbons (Fsp3) is 0.684. The van der Waals surface area contributed by atoms with Gasteiger partial charge < -0.3 is 19.9 Å². The first-order valence-corrected chi connectivity index (χ1v) is 12.2. The van der Waals surface area contributed by atoms with Crippen molar-refractivity contribution >= 4 is 30.9 Å². The predicted octanol–water partition coefficient (Wildman–Crippen LogP) is 2.31. The molecule has 2 N–H and O–H groups in total. The minimum Gasteiger partial charge on any atom is -0.476 e. The SMILES string of the molecule is CCOc1nc(N)nc2c1ncn2[C@@H]1O[C@@H]2CO[P@](=O)(OCCC(=O)OC(C)C)O[C@H]2[C@@]1(C)F. The number of rotatable bonds is 8. The molecule has 4 heterocycles. The van der Waals surface area contributed by atoms with E-state index in [1.54, 1.807) is 20.8 Å². The molecule has 0 bridgehead atoms. The van der Waals surface area contributed by atoms with Crippen molar-refractivity contribution < 1.29 is 41.5 Å². The molecule has 0 spiro atoms. The molecule has 0 saturated carbocycles. The van der Waals surface area contributed by atoms with Gasteiger partial charge in [0.25, 0.3) is 0 Å². The molecule has 2 fully saturated rings. The van der Waals surface area contributed by atoms with Crippen LogP contribution in [0.1, 0.15) is 40.3 Å². The summed E-state index contributed by atoms with van der Waals surface area (Å²) >= 11 is 0. The van der Waals surface area contributed by atoms with Crippen molar-refractivity contribution in [3.8, 4) is 5.88 Å². The maximum absolute atomic E-state index is 16.1. The van der Waals surface area contributed by atoms with E-state index >= 15 is 4.39 Å². The van der Waals surface area contributed by atoms with Gasteiger partial charge in [0.05, 0.1) is 38.7 Å². The van der Waals surface area contributed by atoms with Gasteiger partial charge in [-0.3, -0.25) is 22.9 Å². The Bertz CT molecular complexity index is 1110. The summed E-state index contributed by atoms with van der Waals surface area (Å²) in [5.41, 5.74) is 4.08. The van der Waals surface area contributed by atoms with Gasteiger partial charge in [-0.2, -0.15) is 9.97 Å². The Kier molecular flexibility index (Phi) is 6.80. The molecule has 188 valence electrons. The number of nitrogens with zero attached hydrogens (tertiary/aromatic N) is 4. The van der Waals surface area contributed by atoms with Gasteiger partial charge in [0, 0.05) is 0 Å². The fourth-order valence-corrected chi connectivity index (χ4v) is 5.25. The highest BCUT2D eigenvalue weighted by Crippen LogP contribution is 2.59. The van der Waals surface area contributed by atoms with Crippen molar-refractivity contribution in [3.63, 3.8) is 0 Å². The number of carbonyl (C=O) groups excluding carboxylic acids is 1. The first kappa shape index (κ1) is 24.7. The molecule has 2 aliphatic rings. The van der Waals surface area contributed by atoms with E-state index in [0.29, 0.717) is 6.61 Å². The van der Waals surface area contributed by atoms with Crippen LogP contribution in [0.15, 0.2) is 6.33 Å². The monoisotopic (exact) mass is 503 g/mol. The summed E-state index contributed by atoms with van der Waals surface area (Å²) in [6.07, 6.45) is -2.57. The third kappa shape index (κ3) is 4.73. The maximum atomic E-state index is 16.1. The zero-order valence-corrected chi connectivity index (χ0v) is 20.1. The number of phosphoric ester groups is 1. The first-order valence-electron chi connectivity index (χ1n) is 10.8. The Morgan fingerprint density at radius 2 is 2.21 bits per heavy atom. The van der Waals surface area contributed by atoms with E-state index in [0.717, 1.165) is 0 Å². The predicted molar refractivity (Wildman–Crippen MR) is 115 cm³/mol. The van der Waals surface area contributed by atoms with E-state index < -0.39 is 37.9 Å². The summed E-state index contributed by atoms with van der Waals surface area (Å²) in [6, 6.07) is 0. The molecule has 5 atom stereocenters. The number of esters is 1. The summed E-state index contributed by atoms with van der Waals surface area (Å²) in [7, 11) is -4.15. The maximum Gasteiger partial charge on any atom is 0.475 e. The van der Waals surface area contributed by atoms with Gasteiger partial charge in [0.2, 0.25) is 11.8 Å². The lowest BCUT2D eigenvalue weighted by Gasteiger charge is -2.33. The van der Waals surface area contributed by atoms with E-state index in [-0.39, 0.29) is 48.7 Å². The van der Waals surface area contributed by atoms with Gasteiger partial charge in [0.1, 0.15) is 12.2 Å². The number of anilines is 1. The number of alkyl halides is 1. The topological polar surface area (TPSA) is 159 Å². The molecule has 2 aromatic heterocycles. The quantitative estimate of drug-likeness (QED) is 0.414. The van der Waals surface area contributed by atoms with Crippen molar-refractivity contribution in [2.24, 2.45) is 0 Å². The molecule has 2 aliphatic heterocycles. The number of halogens is 1. The van der Waals surface area contributed by atoms with Gasteiger partial charge >= 0.3 is 13.8 Å². The van der Waals surface area contributed by atoms with Crippen LogP contribution in [-0.2, 0) is 32.4 Å². The Balaban J connectivity index is 1.51. The second kappa shape index (κ2) is 9.34. The van der Waals surface area contributed by atoms with E-state index in [1.807, 2.05) is 0 Å². The highest BCUT2D eigenvalue weighted by molar-refractivity contribution is 7.48. The average Bonchev–Trinajstić information content (AvgIpc) is 3.26. The number of hydrogen-bond donors (Lipinski definition) is 1. The lowest BCUT2D eigenvalue weighted by molar-refractivity contribution is -0.148. The molecule has 2 aromatic rings. The summed E-state index contributed by atoms with van der Waals surface area (Å²) in [4.78, 5) is 24.1. The number of nitrogen functional groups attached to an aromatic ring is 1. The third-order valence-electron chi connectivity index (χ3n) is 5.18. The normalized spacial score (nSPS) is 31.1. The molecule has 0 radical (unpaired) electrons. The van der Waals surface area contributed by atoms with Gasteiger partial charge in [-0.25, -0.2) is 13.9 Å². The van der Waals surface area contributed by atoms with Crippen LogP contribution in [0.4, 0.5) is 10.3 Å². The van der Waals surface area contributed by atoms with E-state index in [9.17, 15) is 9.36 Å². The van der Waals surface area contributed by atoms with Crippen molar-refractivity contribution in [1.29, 1.82) is 0 Å². The zero-order chi connectivity index (χ0) is 24.7. The summed E-state index contributed by atoms with van der Waals surface area (Å²) < 4.78 is 62.5. The molecule has 0 unspecified atom stereocenters. The lowest BCUT2D eigenvalue weighted by atomic mass is 9.98. The van der Waals surface area contributed by atoms with Crippen molar-refractivity contribution in [1.82, 2.24) is 19.5 Å². The number of ether oxygens (including phenoxy) is 3. The summed E-state index contributed by atoms with van der Waals surface area (Å²) in [6.45, 7) is 6.22. The molecule has 15 heteroatoms. The smallest absolute Gasteiger partial charge is 0.475 e. The lowest BCUT2D eigenvalue weighted by Crippen LogP contribution is -2.44. The third-order valence-corrected chi connectivity index (χ3v) is 6.63. The Hall–Kier alpha value is -2.38. The number of fused-ring (bicyclic) bond motifs is 2. The number of hydrogen-bond acceptors (Lipinski definition) is 12. The second-order valence-corrected chi connectivity index (χ2v) is 9.83. The number of carbonyl (C=O) groups is 1. The minimum atomic E-state index is -4.15.